The molecule has 2 aromatic rings. The summed E-state index contributed by atoms with van der Waals surface area (Å²) in [7, 11) is 0. The molecule has 4 heteroatoms. The minimum atomic E-state index is 0.573. The quantitative estimate of drug-likeness (QED) is 0.876. The third kappa shape index (κ3) is 3.23. The zero-order valence-corrected chi connectivity index (χ0v) is 11.1. The molecular formula is C16H16N4. The normalized spacial score (nSPS) is 14.2. The molecule has 2 N–H and O–H groups in total. The second-order valence-corrected chi connectivity index (χ2v) is 4.51. The number of rotatable bonds is 2. The first-order chi connectivity index (χ1) is 9.90. The molecule has 0 saturated carbocycles. The van der Waals surface area contributed by atoms with E-state index in [2.05, 4.69) is 20.6 Å². The van der Waals surface area contributed by atoms with Crippen LogP contribution in [0.1, 0.15) is 0 Å². The lowest BCUT2D eigenvalue weighted by Gasteiger charge is -2.15. The van der Waals surface area contributed by atoms with E-state index in [1.807, 2.05) is 60.7 Å². The van der Waals surface area contributed by atoms with Crippen molar-refractivity contribution in [3.05, 3.63) is 60.7 Å². The minimum Gasteiger partial charge on any atom is -0.342 e. The summed E-state index contributed by atoms with van der Waals surface area (Å²) in [6.07, 6.45) is 0. The smallest absolute Gasteiger partial charge is 0.123 e. The molecule has 1 heterocycles. The van der Waals surface area contributed by atoms with Gasteiger partial charge in [0.1, 0.15) is 11.7 Å². The number of nitrogens with zero attached hydrogens (tertiary/aromatic N) is 2. The van der Waals surface area contributed by atoms with Crippen molar-refractivity contribution in [2.24, 2.45) is 9.98 Å². The van der Waals surface area contributed by atoms with Crippen molar-refractivity contribution in [2.75, 3.05) is 23.7 Å². The van der Waals surface area contributed by atoms with Gasteiger partial charge in [-0.1, -0.05) is 36.4 Å². The van der Waals surface area contributed by atoms with Crippen LogP contribution in [0.4, 0.5) is 11.4 Å². The van der Waals surface area contributed by atoms with E-state index in [1.54, 1.807) is 0 Å². The van der Waals surface area contributed by atoms with Crippen LogP contribution in [0.5, 0.6) is 0 Å². The van der Waals surface area contributed by atoms with Gasteiger partial charge in [-0.2, -0.15) is 0 Å². The summed E-state index contributed by atoms with van der Waals surface area (Å²) in [4.78, 5) is 9.03. The molecule has 0 atom stereocenters. The molecular weight excluding hydrogens is 248 g/mol. The first-order valence-corrected chi connectivity index (χ1v) is 6.61. The highest BCUT2D eigenvalue weighted by Gasteiger charge is 2.08. The van der Waals surface area contributed by atoms with Gasteiger partial charge in [0.2, 0.25) is 0 Å². The van der Waals surface area contributed by atoms with Crippen LogP contribution < -0.4 is 10.6 Å². The molecule has 0 fully saturated rings. The van der Waals surface area contributed by atoms with Crippen LogP contribution >= 0.6 is 0 Å². The molecule has 0 spiro atoms. The highest BCUT2D eigenvalue weighted by Crippen LogP contribution is 2.08. The Morgan fingerprint density at radius 2 is 1.00 bits per heavy atom. The lowest BCUT2D eigenvalue weighted by atomic mass is 10.3. The van der Waals surface area contributed by atoms with Crippen molar-refractivity contribution in [2.45, 2.75) is 0 Å². The van der Waals surface area contributed by atoms with Crippen LogP contribution in [0.3, 0.4) is 0 Å². The summed E-state index contributed by atoms with van der Waals surface area (Å²) in [5, 5.41) is 6.56. The van der Waals surface area contributed by atoms with E-state index >= 15 is 0 Å². The van der Waals surface area contributed by atoms with E-state index < -0.39 is 0 Å². The SMILES string of the molecule is c1ccc(NC2=NCC(Nc3ccccc3)=NC2)cc1. The molecule has 20 heavy (non-hydrogen) atoms. The van der Waals surface area contributed by atoms with Gasteiger partial charge in [0.15, 0.2) is 0 Å². The van der Waals surface area contributed by atoms with Crippen molar-refractivity contribution >= 4 is 23.0 Å². The fourth-order valence-corrected chi connectivity index (χ4v) is 1.97. The van der Waals surface area contributed by atoms with Gasteiger partial charge in [0.05, 0.1) is 13.1 Å². The van der Waals surface area contributed by atoms with Crippen molar-refractivity contribution in [1.82, 2.24) is 0 Å². The van der Waals surface area contributed by atoms with Crippen LogP contribution in [0.2, 0.25) is 0 Å². The Hall–Kier alpha value is -2.62. The first kappa shape index (κ1) is 12.4. The fourth-order valence-electron chi connectivity index (χ4n) is 1.97. The van der Waals surface area contributed by atoms with Gasteiger partial charge >= 0.3 is 0 Å². The Morgan fingerprint density at radius 1 is 0.600 bits per heavy atom. The Morgan fingerprint density at radius 3 is 1.35 bits per heavy atom. The van der Waals surface area contributed by atoms with Gasteiger partial charge in [-0.05, 0) is 24.3 Å². The Bertz CT molecular complexity index is 560. The molecule has 0 aromatic heterocycles. The van der Waals surface area contributed by atoms with Crippen LogP contribution in [0, 0.1) is 0 Å². The van der Waals surface area contributed by atoms with Crippen molar-refractivity contribution in [1.29, 1.82) is 0 Å². The van der Waals surface area contributed by atoms with Crippen molar-refractivity contribution < 1.29 is 0 Å². The predicted octanol–water partition coefficient (Wildman–Crippen LogP) is 3.02. The molecule has 0 unspecified atom stereocenters. The number of amidine groups is 2. The summed E-state index contributed by atoms with van der Waals surface area (Å²) in [6.45, 7) is 1.15. The number of anilines is 2. The third-order valence-corrected chi connectivity index (χ3v) is 2.96. The van der Waals surface area contributed by atoms with E-state index in [0.717, 1.165) is 23.0 Å². The Balaban J connectivity index is 1.57. The van der Waals surface area contributed by atoms with Gasteiger partial charge in [-0.3, -0.25) is 9.98 Å². The molecule has 1 aliphatic heterocycles. The first-order valence-electron chi connectivity index (χ1n) is 6.61. The largest absolute Gasteiger partial charge is 0.342 e. The summed E-state index contributed by atoms with van der Waals surface area (Å²) in [6, 6.07) is 20.0. The zero-order valence-electron chi connectivity index (χ0n) is 11.1. The van der Waals surface area contributed by atoms with Gasteiger partial charge in [-0.15, -0.1) is 0 Å². The highest BCUT2D eigenvalue weighted by molar-refractivity contribution is 6.05. The maximum absolute atomic E-state index is 4.51. The van der Waals surface area contributed by atoms with Gasteiger partial charge in [0, 0.05) is 11.4 Å². The minimum absolute atomic E-state index is 0.573. The summed E-state index contributed by atoms with van der Waals surface area (Å²) >= 11 is 0. The Kier molecular flexibility index (Phi) is 3.73. The molecule has 3 rings (SSSR count). The molecule has 2 aromatic carbocycles. The summed E-state index contributed by atoms with van der Waals surface area (Å²) < 4.78 is 0. The van der Waals surface area contributed by atoms with Gasteiger partial charge in [0.25, 0.3) is 0 Å². The highest BCUT2D eigenvalue weighted by atomic mass is 15.1. The van der Waals surface area contributed by atoms with Crippen LogP contribution in [-0.2, 0) is 0 Å². The molecule has 0 bridgehead atoms. The fraction of sp³-hybridized carbons (Fsp3) is 0.125. The number of aliphatic imine (C=N–C) groups is 2. The predicted molar refractivity (Wildman–Crippen MR) is 84.7 cm³/mol. The second kappa shape index (κ2) is 6.02. The maximum atomic E-state index is 4.51. The second-order valence-electron chi connectivity index (χ2n) is 4.51. The lowest BCUT2D eigenvalue weighted by Crippen LogP contribution is -2.27. The maximum Gasteiger partial charge on any atom is 0.123 e. The number of hydrogen-bond donors (Lipinski definition) is 2. The van der Waals surface area contributed by atoms with Crippen LogP contribution in [0.15, 0.2) is 70.6 Å². The lowest BCUT2D eigenvalue weighted by molar-refractivity contribution is 1.13. The average Bonchev–Trinajstić information content (AvgIpc) is 2.51. The van der Waals surface area contributed by atoms with E-state index in [1.165, 1.54) is 0 Å². The van der Waals surface area contributed by atoms with Crippen LogP contribution in [0.25, 0.3) is 0 Å². The van der Waals surface area contributed by atoms with E-state index in [-0.39, 0.29) is 0 Å². The van der Waals surface area contributed by atoms with E-state index in [0.29, 0.717) is 13.1 Å². The average molecular weight is 264 g/mol. The molecule has 0 amide bonds. The number of hydrogen-bond acceptors (Lipinski definition) is 4. The van der Waals surface area contributed by atoms with Crippen molar-refractivity contribution in [3.63, 3.8) is 0 Å². The zero-order chi connectivity index (χ0) is 13.6. The molecule has 4 nitrogen and oxygen atoms in total. The van der Waals surface area contributed by atoms with E-state index in [4.69, 9.17) is 0 Å². The number of nitrogens with one attached hydrogen (secondary N) is 2. The summed E-state index contributed by atoms with van der Waals surface area (Å²) in [5.41, 5.74) is 2.09. The standard InChI is InChI=1S/C16H16N4/c1-3-7-13(8-4-1)19-15-11-18-16(12-17-15)20-14-9-5-2-6-10-14/h1-10H,11-12H2,(H,17,19)(H,18,20). The third-order valence-electron chi connectivity index (χ3n) is 2.96. The topological polar surface area (TPSA) is 48.8 Å². The van der Waals surface area contributed by atoms with Crippen molar-refractivity contribution in [3.8, 4) is 0 Å². The van der Waals surface area contributed by atoms with Gasteiger partial charge in [-0.25, -0.2) is 0 Å². The molecule has 1 aliphatic rings. The molecule has 0 radical (unpaired) electrons. The summed E-state index contributed by atoms with van der Waals surface area (Å²) in [5.74, 6) is 1.80. The van der Waals surface area contributed by atoms with Crippen LogP contribution in [-0.4, -0.2) is 24.8 Å². The number of para-hydroxylation sites is 2. The molecule has 0 saturated heterocycles. The molecule has 0 aliphatic carbocycles. The Labute approximate surface area is 118 Å². The molecule has 100 valence electrons. The van der Waals surface area contributed by atoms with E-state index in [9.17, 15) is 0 Å². The number of benzene rings is 2. The monoisotopic (exact) mass is 264 g/mol. The van der Waals surface area contributed by atoms with Gasteiger partial charge < -0.3 is 10.6 Å².